The molecule has 0 fully saturated rings. The molecule has 0 aliphatic heterocycles. The summed E-state index contributed by atoms with van der Waals surface area (Å²) in [4.78, 5) is 0. The molecule has 1 N–H and O–H groups in total. The molecule has 0 aromatic carbocycles. The Morgan fingerprint density at radius 2 is 2.00 bits per heavy atom. The fourth-order valence-electron chi connectivity index (χ4n) is 2.64. The van der Waals surface area contributed by atoms with E-state index in [4.69, 9.17) is 5.10 Å². The molecule has 21 heavy (non-hydrogen) atoms. The lowest BCUT2D eigenvalue weighted by Gasteiger charge is -2.10. The van der Waals surface area contributed by atoms with Crippen molar-refractivity contribution in [1.82, 2.24) is 24.9 Å². The zero-order chi connectivity index (χ0) is 15.4. The summed E-state index contributed by atoms with van der Waals surface area (Å²) in [5.74, 6) is 0. The van der Waals surface area contributed by atoms with Crippen molar-refractivity contribution in [3.05, 3.63) is 34.9 Å². The minimum absolute atomic E-state index is 0.487. The molecule has 0 saturated carbocycles. The first-order chi connectivity index (χ1) is 10.0. The molecule has 2 aromatic rings. The second kappa shape index (κ2) is 6.89. The molecule has 0 unspecified atom stereocenters. The van der Waals surface area contributed by atoms with Gasteiger partial charge in [-0.1, -0.05) is 27.7 Å². The lowest BCUT2D eigenvalue weighted by Crippen LogP contribution is -2.23. The van der Waals surface area contributed by atoms with Crippen LogP contribution in [0.5, 0.6) is 0 Å². The first kappa shape index (κ1) is 15.8. The minimum atomic E-state index is 0.487. The lowest BCUT2D eigenvalue weighted by molar-refractivity contribution is 0.581. The third kappa shape index (κ3) is 3.73. The first-order valence-corrected chi connectivity index (χ1v) is 7.83. The number of aryl methyl sites for hydroxylation is 2. The van der Waals surface area contributed by atoms with E-state index in [-0.39, 0.29) is 0 Å². The molecule has 0 bridgehead atoms. The van der Waals surface area contributed by atoms with E-state index in [9.17, 15) is 0 Å². The molecule has 0 amide bonds. The topological polar surface area (TPSA) is 47.7 Å². The van der Waals surface area contributed by atoms with Crippen LogP contribution >= 0.6 is 0 Å². The minimum Gasteiger partial charge on any atom is -0.310 e. The van der Waals surface area contributed by atoms with Crippen molar-refractivity contribution in [2.24, 2.45) is 7.05 Å². The van der Waals surface area contributed by atoms with Gasteiger partial charge in [0.25, 0.3) is 0 Å². The molecule has 2 heterocycles. The Balaban J connectivity index is 2.28. The monoisotopic (exact) mass is 289 g/mol. The summed E-state index contributed by atoms with van der Waals surface area (Å²) in [6.07, 6.45) is 5.95. The predicted molar refractivity (Wildman–Crippen MR) is 85.3 cm³/mol. The smallest absolute Gasteiger partial charge is 0.0693 e. The maximum atomic E-state index is 4.82. The Labute approximate surface area is 127 Å². The molecule has 0 spiro atoms. The molecule has 0 aliphatic rings. The van der Waals surface area contributed by atoms with E-state index in [1.54, 1.807) is 0 Å². The number of rotatable bonds is 7. The van der Waals surface area contributed by atoms with Crippen molar-refractivity contribution in [2.75, 3.05) is 0 Å². The van der Waals surface area contributed by atoms with Gasteiger partial charge < -0.3 is 5.32 Å². The Bertz CT molecular complexity index is 580. The van der Waals surface area contributed by atoms with Gasteiger partial charge in [-0.3, -0.25) is 9.36 Å². The number of hydrogen-bond acceptors (Lipinski definition) is 3. The van der Waals surface area contributed by atoms with Gasteiger partial charge in [-0.2, -0.15) is 10.2 Å². The van der Waals surface area contributed by atoms with Gasteiger partial charge in [0.15, 0.2) is 0 Å². The molecule has 0 atom stereocenters. The fourth-order valence-corrected chi connectivity index (χ4v) is 2.64. The molecule has 2 rings (SSSR count). The SMILES string of the molecule is CCc1nn(Cc2cnn(C)c2)c(CC)c1CNC(C)C. The van der Waals surface area contributed by atoms with Crippen molar-refractivity contribution < 1.29 is 0 Å². The second-order valence-electron chi connectivity index (χ2n) is 5.79. The fraction of sp³-hybridized carbons (Fsp3) is 0.625. The van der Waals surface area contributed by atoms with Crippen LogP contribution < -0.4 is 5.32 Å². The molecule has 0 radical (unpaired) electrons. The van der Waals surface area contributed by atoms with Gasteiger partial charge in [0.1, 0.15) is 0 Å². The quantitative estimate of drug-likeness (QED) is 0.850. The number of nitrogens with one attached hydrogen (secondary N) is 1. The Hall–Kier alpha value is -1.62. The van der Waals surface area contributed by atoms with Crippen LogP contribution in [0.2, 0.25) is 0 Å². The van der Waals surface area contributed by atoms with E-state index in [2.05, 4.69) is 49.0 Å². The van der Waals surface area contributed by atoms with E-state index in [0.717, 1.165) is 25.9 Å². The van der Waals surface area contributed by atoms with Crippen molar-refractivity contribution >= 4 is 0 Å². The molecule has 2 aromatic heterocycles. The van der Waals surface area contributed by atoms with E-state index in [0.29, 0.717) is 6.04 Å². The highest BCUT2D eigenvalue weighted by atomic mass is 15.3. The summed E-state index contributed by atoms with van der Waals surface area (Å²) < 4.78 is 3.99. The molecular weight excluding hydrogens is 262 g/mol. The van der Waals surface area contributed by atoms with Crippen LogP contribution in [0.4, 0.5) is 0 Å². The lowest BCUT2D eigenvalue weighted by atomic mass is 10.1. The first-order valence-electron chi connectivity index (χ1n) is 7.83. The average molecular weight is 289 g/mol. The van der Waals surface area contributed by atoms with Gasteiger partial charge in [0, 0.05) is 42.7 Å². The number of aromatic nitrogens is 4. The molecule has 0 saturated heterocycles. The Kier molecular flexibility index (Phi) is 5.17. The van der Waals surface area contributed by atoms with Gasteiger partial charge in [0.05, 0.1) is 18.4 Å². The molecule has 0 aliphatic carbocycles. The summed E-state index contributed by atoms with van der Waals surface area (Å²) in [5, 5.41) is 12.6. The van der Waals surface area contributed by atoms with Crippen molar-refractivity contribution in [2.45, 2.75) is 59.7 Å². The highest BCUT2D eigenvalue weighted by Gasteiger charge is 2.16. The Morgan fingerprint density at radius 3 is 2.52 bits per heavy atom. The normalized spacial score (nSPS) is 11.5. The van der Waals surface area contributed by atoms with Gasteiger partial charge in [0.2, 0.25) is 0 Å². The number of hydrogen-bond donors (Lipinski definition) is 1. The van der Waals surface area contributed by atoms with Crippen molar-refractivity contribution in [3.63, 3.8) is 0 Å². The van der Waals surface area contributed by atoms with Gasteiger partial charge in [-0.05, 0) is 12.8 Å². The van der Waals surface area contributed by atoms with Crippen LogP contribution in [0.15, 0.2) is 12.4 Å². The summed E-state index contributed by atoms with van der Waals surface area (Å²) in [5.41, 5.74) is 5.12. The predicted octanol–water partition coefficient (Wildman–Crippen LogP) is 2.29. The third-order valence-corrected chi connectivity index (χ3v) is 3.70. The standard InChI is InChI=1S/C16H27N5/c1-6-15-14(9-17-12(3)4)16(7-2)21(19-15)11-13-8-18-20(5)10-13/h8,10,12,17H,6-7,9,11H2,1-5H3. The van der Waals surface area contributed by atoms with Crippen LogP contribution in [-0.2, 0) is 33.0 Å². The third-order valence-electron chi connectivity index (χ3n) is 3.70. The molecule has 5 nitrogen and oxygen atoms in total. The highest BCUT2D eigenvalue weighted by Crippen LogP contribution is 2.18. The summed E-state index contributed by atoms with van der Waals surface area (Å²) in [6, 6.07) is 0.487. The Morgan fingerprint density at radius 1 is 1.24 bits per heavy atom. The zero-order valence-corrected chi connectivity index (χ0v) is 13.8. The van der Waals surface area contributed by atoms with Crippen molar-refractivity contribution in [3.8, 4) is 0 Å². The van der Waals surface area contributed by atoms with Gasteiger partial charge >= 0.3 is 0 Å². The molecule has 116 valence electrons. The van der Waals surface area contributed by atoms with E-state index in [1.165, 1.54) is 22.5 Å². The summed E-state index contributed by atoms with van der Waals surface area (Å²) >= 11 is 0. The van der Waals surface area contributed by atoms with Crippen LogP contribution in [-0.4, -0.2) is 25.6 Å². The average Bonchev–Trinajstić information content (AvgIpc) is 3.00. The van der Waals surface area contributed by atoms with Crippen molar-refractivity contribution in [1.29, 1.82) is 0 Å². The molecule has 5 heteroatoms. The maximum absolute atomic E-state index is 4.82. The second-order valence-corrected chi connectivity index (χ2v) is 5.79. The zero-order valence-electron chi connectivity index (χ0n) is 13.8. The maximum Gasteiger partial charge on any atom is 0.0693 e. The number of nitrogens with zero attached hydrogens (tertiary/aromatic N) is 4. The largest absolute Gasteiger partial charge is 0.310 e. The molecular formula is C16H27N5. The van der Waals surface area contributed by atoms with Crippen LogP contribution in [0.1, 0.15) is 50.2 Å². The van der Waals surface area contributed by atoms with E-state index in [1.807, 2.05) is 17.9 Å². The highest BCUT2D eigenvalue weighted by molar-refractivity contribution is 5.27. The van der Waals surface area contributed by atoms with Crippen LogP contribution in [0, 0.1) is 0 Å². The summed E-state index contributed by atoms with van der Waals surface area (Å²) in [6.45, 7) is 10.4. The summed E-state index contributed by atoms with van der Waals surface area (Å²) in [7, 11) is 1.95. The van der Waals surface area contributed by atoms with Crippen LogP contribution in [0.3, 0.4) is 0 Å². The van der Waals surface area contributed by atoms with Gasteiger partial charge in [-0.15, -0.1) is 0 Å². The van der Waals surface area contributed by atoms with Gasteiger partial charge in [-0.25, -0.2) is 0 Å². The van der Waals surface area contributed by atoms with E-state index < -0.39 is 0 Å². The van der Waals surface area contributed by atoms with Crippen LogP contribution in [0.25, 0.3) is 0 Å². The van der Waals surface area contributed by atoms with E-state index >= 15 is 0 Å².